The van der Waals surface area contributed by atoms with E-state index >= 15 is 0 Å². The van der Waals surface area contributed by atoms with Crippen molar-refractivity contribution in [2.45, 2.75) is 116 Å². The van der Waals surface area contributed by atoms with E-state index in [0.717, 1.165) is 0 Å². The van der Waals surface area contributed by atoms with E-state index in [-0.39, 0.29) is 54.0 Å². The third kappa shape index (κ3) is 11.0. The summed E-state index contributed by atoms with van der Waals surface area (Å²) >= 11 is 0. The Morgan fingerprint density at radius 2 is 1.41 bits per heavy atom. The molecular weight excluding hydrogens is 720 g/mol. The van der Waals surface area contributed by atoms with Gasteiger partial charge in [0.2, 0.25) is 5.89 Å². The van der Waals surface area contributed by atoms with E-state index in [1.165, 1.54) is 12.5 Å². The molecule has 302 valence electrons. The van der Waals surface area contributed by atoms with Crippen molar-refractivity contribution in [3.63, 3.8) is 0 Å². The van der Waals surface area contributed by atoms with Crippen LogP contribution < -0.4 is 0 Å². The molecule has 0 aromatic carbocycles. The largest absolute Gasteiger partial charge is 0.457 e. The topological polar surface area (TPSA) is 179 Å². The molecule has 0 spiro atoms. The molecule has 0 amide bonds. The molecule has 3 aliphatic heterocycles. The van der Waals surface area contributed by atoms with Crippen molar-refractivity contribution >= 4 is 18.0 Å². The molecule has 9 unspecified atom stereocenters. The summed E-state index contributed by atoms with van der Waals surface area (Å²) in [5.74, 6) is -0.844. The first-order chi connectivity index (χ1) is 26.8. The molecule has 56 heavy (non-hydrogen) atoms. The number of carbonyl (C=O) groups excluding carboxylic acids is 2. The van der Waals surface area contributed by atoms with E-state index in [4.69, 9.17) is 32.5 Å². The lowest BCUT2D eigenvalue weighted by Gasteiger charge is -2.36. The predicted molar refractivity (Wildman–Crippen MR) is 207 cm³/mol. The van der Waals surface area contributed by atoms with E-state index in [0.29, 0.717) is 12.8 Å². The highest BCUT2D eigenvalue weighted by Gasteiger charge is 2.58. The maximum Gasteiger partial charge on any atom is 0.360 e. The summed E-state index contributed by atoms with van der Waals surface area (Å²) in [6, 6.07) is 0. The monoisotopic (exact) mass is 774 g/mol. The summed E-state index contributed by atoms with van der Waals surface area (Å²) in [6.07, 6.45) is 23.8. The Balaban J connectivity index is 1.37. The Morgan fingerprint density at radius 1 is 0.786 bits per heavy atom. The highest BCUT2D eigenvalue weighted by Crippen LogP contribution is 2.44. The van der Waals surface area contributed by atoms with Gasteiger partial charge in [0.1, 0.15) is 43.0 Å². The van der Waals surface area contributed by atoms with Crippen LogP contribution in [0.25, 0.3) is 6.08 Å². The molecule has 2 aromatic heterocycles. The molecule has 3 aliphatic rings. The lowest BCUT2D eigenvalue weighted by Crippen LogP contribution is -2.43. The Bertz CT molecular complexity index is 1840. The van der Waals surface area contributed by atoms with E-state index in [1.807, 2.05) is 84.1 Å². The molecule has 5 heterocycles. The molecule has 4 bridgehead atoms. The number of cyclic esters (lactones) is 2. The van der Waals surface area contributed by atoms with Gasteiger partial charge < -0.3 is 42.7 Å². The second kappa shape index (κ2) is 19.0. The van der Waals surface area contributed by atoms with Crippen LogP contribution in [0.2, 0.25) is 0 Å². The van der Waals surface area contributed by atoms with Crippen LogP contribution in [0.3, 0.4) is 0 Å². The molecule has 13 nitrogen and oxygen atoms in total. The number of rotatable bonds is 7. The maximum atomic E-state index is 13.4. The molecule has 9 atom stereocenters. The van der Waals surface area contributed by atoms with Crippen LogP contribution in [-0.2, 0) is 30.1 Å². The summed E-state index contributed by atoms with van der Waals surface area (Å²) in [5.41, 5.74) is -1.69. The molecule has 2 fully saturated rings. The van der Waals surface area contributed by atoms with Crippen LogP contribution in [-0.4, -0.2) is 94.2 Å². The first-order valence-corrected chi connectivity index (χ1v) is 18.9. The Kier molecular flexibility index (Phi) is 14.4. The van der Waals surface area contributed by atoms with Crippen molar-refractivity contribution in [2.24, 2.45) is 10.8 Å². The van der Waals surface area contributed by atoms with Crippen molar-refractivity contribution in [1.29, 1.82) is 0 Å². The normalized spacial score (nSPS) is 28.1. The SMILES string of the molecule is C/C=C/C(O)C(C)(C)C1CC=CC=CC=CC(OC)Cc2nc(co2)C(=O)OC(C(C)(C)C(O)/C=C/C)CC2OC2C2OC2C=CC=Cc2nc(co2)C(=O)O1. The number of esters is 2. The number of hydrogen-bond donors (Lipinski definition) is 2. The maximum absolute atomic E-state index is 13.4. The lowest BCUT2D eigenvalue weighted by atomic mass is 9.78. The number of nitrogens with zero attached hydrogens (tertiary/aromatic N) is 2. The third-order valence-corrected chi connectivity index (χ3v) is 10.4. The van der Waals surface area contributed by atoms with Crippen LogP contribution >= 0.6 is 0 Å². The van der Waals surface area contributed by atoms with Crippen molar-refractivity contribution in [3.8, 4) is 0 Å². The summed E-state index contributed by atoms with van der Waals surface area (Å²) in [6.45, 7) is 11.0. The van der Waals surface area contributed by atoms with Gasteiger partial charge >= 0.3 is 11.9 Å². The van der Waals surface area contributed by atoms with Gasteiger partial charge in [-0.1, -0.05) is 107 Å². The zero-order valence-corrected chi connectivity index (χ0v) is 33.0. The standard InChI is InChI=1S/C43H54N2O11/c1-8-17-32(46)42(3,4)34-21-14-12-10-11-13-19-27(50-7)23-37-45-29(26-52-37)41(49)56-35(43(5,6)33(47)18-9-2)24-31-39(54-31)38-30(53-38)20-15-16-22-36-44-28(25-51-36)40(48)55-34/h8-20,22,25-27,30-35,38-39,46-47H,21,23-24H2,1-7H3/b11-10?,14-12?,17-8+,18-9+,19-13?,20-15?,22-16?. The average Bonchev–Trinajstić information content (AvgIpc) is 3.99. The van der Waals surface area contributed by atoms with Crippen molar-refractivity contribution < 1.29 is 52.3 Å². The van der Waals surface area contributed by atoms with Gasteiger partial charge in [-0.05, 0) is 13.8 Å². The average molecular weight is 775 g/mol. The summed E-state index contributed by atoms with van der Waals surface area (Å²) in [4.78, 5) is 35.3. The Labute approximate surface area is 328 Å². The number of oxazole rings is 2. The zero-order valence-electron chi connectivity index (χ0n) is 33.0. The smallest absolute Gasteiger partial charge is 0.360 e. The fourth-order valence-electron chi connectivity index (χ4n) is 6.30. The van der Waals surface area contributed by atoms with Gasteiger partial charge in [0.05, 0.1) is 30.8 Å². The van der Waals surface area contributed by atoms with Gasteiger partial charge in [-0.2, -0.15) is 0 Å². The van der Waals surface area contributed by atoms with E-state index in [1.54, 1.807) is 49.6 Å². The minimum atomic E-state index is -0.895. The summed E-state index contributed by atoms with van der Waals surface area (Å²) in [5, 5.41) is 21.9. The van der Waals surface area contributed by atoms with Crippen molar-refractivity contribution in [3.05, 3.63) is 115 Å². The van der Waals surface area contributed by atoms with Crippen molar-refractivity contribution in [1.82, 2.24) is 9.97 Å². The fourth-order valence-corrected chi connectivity index (χ4v) is 6.30. The first kappa shape index (κ1) is 42.5. The van der Waals surface area contributed by atoms with Gasteiger partial charge in [0.15, 0.2) is 17.3 Å². The van der Waals surface area contributed by atoms with Crippen LogP contribution in [0.4, 0.5) is 0 Å². The number of aromatic nitrogens is 2. The number of hydrogen-bond acceptors (Lipinski definition) is 13. The molecule has 2 aromatic rings. The molecule has 2 N–H and O–H groups in total. The molecule has 0 radical (unpaired) electrons. The molecule has 0 aliphatic carbocycles. The number of ether oxygens (including phenoxy) is 5. The van der Waals surface area contributed by atoms with Gasteiger partial charge in [0, 0.05) is 36.9 Å². The van der Waals surface area contributed by atoms with Gasteiger partial charge in [-0.3, -0.25) is 0 Å². The Morgan fingerprint density at radius 3 is 2.11 bits per heavy atom. The fraction of sp³-hybridized carbons (Fsp3) is 0.488. The number of carbonyl (C=O) groups is 2. The third-order valence-electron chi connectivity index (χ3n) is 10.4. The number of allylic oxidation sites excluding steroid dienone is 8. The molecular formula is C43H54N2O11. The minimum absolute atomic E-state index is 0.00482. The highest BCUT2D eigenvalue weighted by atomic mass is 16.7. The van der Waals surface area contributed by atoms with Crippen LogP contribution in [0, 0.1) is 10.8 Å². The first-order valence-electron chi connectivity index (χ1n) is 18.9. The number of methoxy groups -OCH3 is 1. The minimum Gasteiger partial charge on any atom is -0.457 e. The molecule has 13 heteroatoms. The second-order valence-corrected chi connectivity index (χ2v) is 15.2. The summed E-state index contributed by atoms with van der Waals surface area (Å²) in [7, 11) is 1.56. The quantitative estimate of drug-likeness (QED) is 0.178. The highest BCUT2D eigenvalue weighted by molar-refractivity contribution is 5.87. The Hall–Kier alpha value is -4.66. The van der Waals surface area contributed by atoms with Gasteiger partial charge in [-0.15, -0.1) is 0 Å². The number of fused-ring (bicyclic) bond motifs is 7. The second-order valence-electron chi connectivity index (χ2n) is 15.2. The van der Waals surface area contributed by atoms with E-state index < -0.39 is 53.3 Å². The predicted octanol–water partition coefficient (Wildman–Crippen LogP) is 6.46. The molecule has 5 rings (SSSR count). The lowest BCUT2D eigenvalue weighted by molar-refractivity contribution is -0.0526. The molecule has 0 saturated carbocycles. The molecule has 2 saturated heterocycles. The van der Waals surface area contributed by atoms with Gasteiger partial charge in [-0.25, -0.2) is 19.6 Å². The number of aliphatic hydroxyl groups excluding tert-OH is 2. The number of aliphatic hydroxyl groups is 2. The van der Waals surface area contributed by atoms with E-state index in [2.05, 4.69) is 9.97 Å². The number of epoxide rings is 2. The van der Waals surface area contributed by atoms with Crippen LogP contribution in [0.15, 0.2) is 100 Å². The van der Waals surface area contributed by atoms with Crippen LogP contribution in [0.1, 0.15) is 87.1 Å². The van der Waals surface area contributed by atoms with E-state index in [9.17, 15) is 19.8 Å². The van der Waals surface area contributed by atoms with Gasteiger partial charge in [0.25, 0.3) is 0 Å². The zero-order chi connectivity index (χ0) is 40.5. The van der Waals surface area contributed by atoms with Crippen LogP contribution in [0.5, 0.6) is 0 Å². The van der Waals surface area contributed by atoms with Crippen molar-refractivity contribution in [2.75, 3.05) is 7.11 Å². The summed E-state index contributed by atoms with van der Waals surface area (Å²) < 4.78 is 40.5.